The number of aryl methyl sites for hydroxylation is 1. The van der Waals surface area contributed by atoms with Crippen LogP contribution in [0.15, 0.2) is 48.5 Å². The van der Waals surface area contributed by atoms with Crippen molar-refractivity contribution in [2.24, 2.45) is 0 Å². The average molecular weight is 271 g/mol. The average Bonchev–Trinajstić information content (AvgIpc) is 2.41. The molecule has 1 unspecified atom stereocenters. The number of hydrogen-bond acceptors (Lipinski definition) is 1. The third-order valence-electron chi connectivity index (χ3n) is 3.64. The third kappa shape index (κ3) is 3.91. The lowest BCUT2D eigenvalue weighted by Crippen LogP contribution is -2.31. The Morgan fingerprint density at radius 1 is 1.00 bits per heavy atom. The summed E-state index contributed by atoms with van der Waals surface area (Å²) in [6.07, 6.45) is 0.899. The van der Waals surface area contributed by atoms with E-state index in [9.17, 15) is 4.39 Å². The second kappa shape index (κ2) is 6.67. The summed E-state index contributed by atoms with van der Waals surface area (Å²) in [6.45, 7) is 6.49. The molecule has 0 saturated carbocycles. The zero-order valence-electron chi connectivity index (χ0n) is 12.4. The summed E-state index contributed by atoms with van der Waals surface area (Å²) in [5, 5.41) is 3.61. The van der Waals surface area contributed by atoms with Crippen molar-refractivity contribution in [2.45, 2.75) is 39.3 Å². The molecule has 0 radical (unpaired) electrons. The molecule has 0 aliphatic rings. The minimum atomic E-state index is -0.178. The Bertz CT molecular complexity index is 548. The molecule has 0 heterocycles. The molecule has 2 atom stereocenters. The van der Waals surface area contributed by atoms with E-state index in [1.54, 1.807) is 0 Å². The topological polar surface area (TPSA) is 12.0 Å². The fraction of sp³-hybridized carbons (Fsp3) is 0.333. The van der Waals surface area contributed by atoms with E-state index in [1.165, 1.54) is 23.3 Å². The smallest absolute Gasteiger partial charge is 0.123 e. The van der Waals surface area contributed by atoms with Crippen LogP contribution in [-0.2, 0) is 6.42 Å². The van der Waals surface area contributed by atoms with Crippen LogP contribution in [-0.4, -0.2) is 6.04 Å². The maximum absolute atomic E-state index is 12.9. The third-order valence-corrected chi connectivity index (χ3v) is 3.64. The van der Waals surface area contributed by atoms with Crippen LogP contribution in [0.3, 0.4) is 0 Å². The molecule has 1 nitrogen and oxygen atoms in total. The van der Waals surface area contributed by atoms with E-state index in [2.05, 4.69) is 50.4 Å². The highest BCUT2D eigenvalue weighted by molar-refractivity contribution is 5.28. The van der Waals surface area contributed by atoms with E-state index in [-0.39, 0.29) is 5.82 Å². The second-order valence-electron chi connectivity index (χ2n) is 5.48. The van der Waals surface area contributed by atoms with Crippen molar-refractivity contribution in [1.29, 1.82) is 0 Å². The molecule has 0 amide bonds. The van der Waals surface area contributed by atoms with Gasteiger partial charge in [0.05, 0.1) is 0 Å². The molecule has 2 heteroatoms. The quantitative estimate of drug-likeness (QED) is 0.849. The van der Waals surface area contributed by atoms with Crippen LogP contribution >= 0.6 is 0 Å². The second-order valence-corrected chi connectivity index (χ2v) is 5.48. The Labute approximate surface area is 120 Å². The van der Waals surface area contributed by atoms with Crippen molar-refractivity contribution in [3.05, 3.63) is 71.0 Å². The highest BCUT2D eigenvalue weighted by atomic mass is 19.1. The molecule has 0 spiro atoms. The van der Waals surface area contributed by atoms with E-state index in [0.717, 1.165) is 12.0 Å². The normalized spacial score (nSPS) is 14.0. The maximum atomic E-state index is 12.9. The fourth-order valence-electron chi connectivity index (χ4n) is 2.62. The number of benzene rings is 2. The first kappa shape index (κ1) is 14.7. The molecule has 0 fully saturated rings. The van der Waals surface area contributed by atoms with Crippen molar-refractivity contribution in [1.82, 2.24) is 5.32 Å². The molecule has 0 bridgehead atoms. The van der Waals surface area contributed by atoms with Gasteiger partial charge in [0.25, 0.3) is 0 Å². The van der Waals surface area contributed by atoms with Crippen molar-refractivity contribution in [3.8, 4) is 0 Å². The molecule has 0 aliphatic carbocycles. The summed E-state index contributed by atoms with van der Waals surface area (Å²) in [6, 6.07) is 15.8. The van der Waals surface area contributed by atoms with E-state index in [1.807, 2.05) is 12.1 Å². The van der Waals surface area contributed by atoms with Crippen LogP contribution < -0.4 is 5.32 Å². The summed E-state index contributed by atoms with van der Waals surface area (Å²) in [5.41, 5.74) is 3.79. The highest BCUT2D eigenvalue weighted by Gasteiger charge is 2.11. The molecule has 0 aliphatic heterocycles. The summed E-state index contributed by atoms with van der Waals surface area (Å²) in [4.78, 5) is 0. The highest BCUT2D eigenvalue weighted by Crippen LogP contribution is 2.18. The minimum Gasteiger partial charge on any atom is -0.307 e. The molecular formula is C18H22FN. The van der Waals surface area contributed by atoms with E-state index in [0.29, 0.717) is 12.1 Å². The zero-order chi connectivity index (χ0) is 14.5. The summed E-state index contributed by atoms with van der Waals surface area (Å²) < 4.78 is 12.9. The number of nitrogens with one attached hydrogen (secondary N) is 1. The predicted octanol–water partition coefficient (Wildman–Crippen LogP) is 4.42. The van der Waals surface area contributed by atoms with Gasteiger partial charge in [-0.2, -0.15) is 0 Å². The van der Waals surface area contributed by atoms with E-state index in [4.69, 9.17) is 0 Å². The first-order chi connectivity index (χ1) is 9.56. The van der Waals surface area contributed by atoms with Gasteiger partial charge in [0.15, 0.2) is 0 Å². The minimum absolute atomic E-state index is 0.178. The van der Waals surface area contributed by atoms with Crippen LogP contribution in [0.5, 0.6) is 0 Å². The molecule has 2 aromatic rings. The summed E-state index contributed by atoms with van der Waals surface area (Å²) >= 11 is 0. The maximum Gasteiger partial charge on any atom is 0.123 e. The first-order valence-electron chi connectivity index (χ1n) is 7.12. The molecule has 0 saturated heterocycles. The van der Waals surface area contributed by atoms with Gasteiger partial charge in [-0.1, -0.05) is 36.4 Å². The van der Waals surface area contributed by atoms with E-state index < -0.39 is 0 Å². The molecule has 0 aromatic heterocycles. The molecule has 106 valence electrons. The van der Waals surface area contributed by atoms with Crippen molar-refractivity contribution in [3.63, 3.8) is 0 Å². The lowest BCUT2D eigenvalue weighted by atomic mass is 10.0. The number of hydrogen-bond donors (Lipinski definition) is 1. The summed E-state index contributed by atoms with van der Waals surface area (Å²) in [7, 11) is 0. The SMILES string of the molecule is Cc1ccccc1[C@@H](C)NC(C)Cc1ccc(F)cc1. The fourth-order valence-corrected chi connectivity index (χ4v) is 2.62. The van der Waals surface area contributed by atoms with Crippen LogP contribution in [0.1, 0.15) is 36.6 Å². The summed E-state index contributed by atoms with van der Waals surface area (Å²) in [5.74, 6) is -0.178. The lowest BCUT2D eigenvalue weighted by Gasteiger charge is -2.22. The number of halogens is 1. The Morgan fingerprint density at radius 3 is 2.30 bits per heavy atom. The van der Waals surface area contributed by atoms with Gasteiger partial charge in [0, 0.05) is 12.1 Å². The van der Waals surface area contributed by atoms with Gasteiger partial charge in [0.1, 0.15) is 5.82 Å². The number of rotatable bonds is 5. The first-order valence-corrected chi connectivity index (χ1v) is 7.12. The standard InChI is InChI=1S/C18H22FN/c1-13-6-4-5-7-18(13)15(3)20-14(2)12-16-8-10-17(19)11-9-16/h4-11,14-15,20H,12H2,1-3H3/t14?,15-/m1/s1. The van der Waals surface area contributed by atoms with Crippen LogP contribution in [0.4, 0.5) is 4.39 Å². The molecule has 20 heavy (non-hydrogen) atoms. The van der Waals surface area contributed by atoms with Gasteiger partial charge in [-0.3, -0.25) is 0 Å². The predicted molar refractivity (Wildman–Crippen MR) is 82.3 cm³/mol. The van der Waals surface area contributed by atoms with Gasteiger partial charge in [-0.05, 0) is 56.0 Å². The van der Waals surface area contributed by atoms with E-state index >= 15 is 0 Å². The van der Waals surface area contributed by atoms with Crippen molar-refractivity contribution >= 4 is 0 Å². The largest absolute Gasteiger partial charge is 0.307 e. The van der Waals surface area contributed by atoms with Crippen molar-refractivity contribution < 1.29 is 4.39 Å². The monoisotopic (exact) mass is 271 g/mol. The Hall–Kier alpha value is -1.67. The molecule has 1 N–H and O–H groups in total. The van der Waals surface area contributed by atoms with Crippen LogP contribution in [0, 0.1) is 12.7 Å². The van der Waals surface area contributed by atoms with Crippen LogP contribution in [0.2, 0.25) is 0 Å². The van der Waals surface area contributed by atoms with Gasteiger partial charge in [-0.25, -0.2) is 4.39 Å². The van der Waals surface area contributed by atoms with Crippen molar-refractivity contribution in [2.75, 3.05) is 0 Å². The lowest BCUT2D eigenvalue weighted by molar-refractivity contribution is 0.475. The Kier molecular flexibility index (Phi) is 4.91. The van der Waals surface area contributed by atoms with Gasteiger partial charge < -0.3 is 5.32 Å². The van der Waals surface area contributed by atoms with Gasteiger partial charge in [-0.15, -0.1) is 0 Å². The Morgan fingerprint density at radius 2 is 1.65 bits per heavy atom. The van der Waals surface area contributed by atoms with Gasteiger partial charge in [0.2, 0.25) is 0 Å². The molecule has 2 rings (SSSR count). The zero-order valence-corrected chi connectivity index (χ0v) is 12.4. The Balaban J connectivity index is 1.96. The molecule has 2 aromatic carbocycles. The van der Waals surface area contributed by atoms with Crippen LogP contribution in [0.25, 0.3) is 0 Å². The van der Waals surface area contributed by atoms with Gasteiger partial charge >= 0.3 is 0 Å². The molecular weight excluding hydrogens is 249 g/mol.